The Labute approximate surface area is 376 Å². The standard InChI is InChI=1S/C60H36N2S2/c1-3-11-37(12-4-1)39-21-27-57-49(33-39)51-35-43(23-29-59(51)63-57)61-53-17-9-7-15-45(53)47-31-41(19-25-55(47)61)42-20-26-56-48(32-42)46-16-8-10-18-54(46)62(56)44-24-30-60-52(36-44)50-34-40(22-28-58(50)64-60)38-13-5-2-6-14-38/h1-36H. The monoisotopic (exact) mass is 848 g/mol. The molecule has 4 aromatic heterocycles. The van der Waals surface area contributed by atoms with E-state index in [2.05, 4.69) is 228 Å². The van der Waals surface area contributed by atoms with Crippen molar-refractivity contribution in [1.29, 1.82) is 0 Å². The molecule has 4 heterocycles. The topological polar surface area (TPSA) is 9.86 Å². The second kappa shape index (κ2) is 13.9. The molecule has 14 rings (SSSR count). The van der Waals surface area contributed by atoms with E-state index in [4.69, 9.17) is 0 Å². The van der Waals surface area contributed by atoms with Crippen molar-refractivity contribution in [1.82, 2.24) is 9.13 Å². The van der Waals surface area contributed by atoms with Gasteiger partial charge in [0, 0.05) is 73.3 Å². The highest BCUT2D eigenvalue weighted by atomic mass is 32.1. The molecule has 64 heavy (non-hydrogen) atoms. The number of fused-ring (bicyclic) bond motifs is 12. The van der Waals surface area contributed by atoms with Gasteiger partial charge in [-0.2, -0.15) is 0 Å². The molecule has 4 heteroatoms. The summed E-state index contributed by atoms with van der Waals surface area (Å²) >= 11 is 3.74. The van der Waals surface area contributed by atoms with Crippen molar-refractivity contribution >= 4 is 107 Å². The summed E-state index contributed by atoms with van der Waals surface area (Å²) in [6.07, 6.45) is 0. The number of rotatable bonds is 5. The van der Waals surface area contributed by atoms with Gasteiger partial charge in [0.15, 0.2) is 0 Å². The fraction of sp³-hybridized carbons (Fsp3) is 0. The van der Waals surface area contributed by atoms with Gasteiger partial charge in [-0.25, -0.2) is 0 Å². The molecule has 0 saturated carbocycles. The van der Waals surface area contributed by atoms with E-state index in [1.807, 2.05) is 22.7 Å². The summed E-state index contributed by atoms with van der Waals surface area (Å²) in [6.45, 7) is 0. The highest BCUT2D eigenvalue weighted by molar-refractivity contribution is 7.26. The normalized spacial score (nSPS) is 12.1. The number of hydrogen-bond donors (Lipinski definition) is 0. The van der Waals surface area contributed by atoms with Crippen LogP contribution < -0.4 is 0 Å². The van der Waals surface area contributed by atoms with Crippen LogP contribution in [-0.2, 0) is 0 Å². The molecule has 0 radical (unpaired) electrons. The second-order valence-corrected chi connectivity index (χ2v) is 19.1. The molecular weight excluding hydrogens is 813 g/mol. The quantitative estimate of drug-likeness (QED) is 0.163. The van der Waals surface area contributed by atoms with Crippen molar-refractivity contribution in [3.63, 3.8) is 0 Å². The van der Waals surface area contributed by atoms with Crippen molar-refractivity contribution in [3.8, 4) is 44.8 Å². The van der Waals surface area contributed by atoms with E-state index in [0.717, 1.165) is 0 Å². The fourth-order valence-corrected chi connectivity index (χ4v) is 12.4. The molecule has 0 aliphatic heterocycles. The lowest BCUT2D eigenvalue weighted by Gasteiger charge is -2.10. The Kier molecular flexibility index (Phi) is 7.76. The van der Waals surface area contributed by atoms with Crippen molar-refractivity contribution in [2.24, 2.45) is 0 Å². The number of hydrogen-bond acceptors (Lipinski definition) is 2. The minimum absolute atomic E-state index is 1.18. The third kappa shape index (κ3) is 5.43. The molecule has 0 saturated heterocycles. The van der Waals surface area contributed by atoms with Gasteiger partial charge in [0.05, 0.1) is 22.1 Å². The first-order valence-electron chi connectivity index (χ1n) is 21.8. The van der Waals surface area contributed by atoms with Crippen LogP contribution >= 0.6 is 22.7 Å². The molecular formula is C60H36N2S2. The van der Waals surface area contributed by atoms with E-state index < -0.39 is 0 Å². The lowest BCUT2D eigenvalue weighted by atomic mass is 10.0. The van der Waals surface area contributed by atoms with Gasteiger partial charge in [0.1, 0.15) is 0 Å². The molecule has 0 amide bonds. The van der Waals surface area contributed by atoms with Gasteiger partial charge in [-0.1, -0.05) is 121 Å². The number of thiophene rings is 2. The zero-order valence-corrected chi connectivity index (χ0v) is 36.1. The van der Waals surface area contributed by atoms with E-state index in [1.165, 1.54) is 129 Å². The zero-order valence-electron chi connectivity index (χ0n) is 34.5. The van der Waals surface area contributed by atoms with Crippen LogP contribution in [0.1, 0.15) is 0 Å². The number of para-hydroxylation sites is 2. The van der Waals surface area contributed by atoms with Gasteiger partial charge in [-0.3, -0.25) is 0 Å². The smallest absolute Gasteiger partial charge is 0.0541 e. The van der Waals surface area contributed by atoms with Crippen molar-refractivity contribution < 1.29 is 0 Å². The molecule has 10 aromatic carbocycles. The van der Waals surface area contributed by atoms with Crippen molar-refractivity contribution in [2.75, 3.05) is 0 Å². The molecule has 298 valence electrons. The minimum atomic E-state index is 1.18. The number of nitrogens with zero attached hydrogens (tertiary/aromatic N) is 2. The van der Waals surface area contributed by atoms with Crippen LogP contribution in [0.4, 0.5) is 0 Å². The fourth-order valence-electron chi connectivity index (χ4n) is 10.3. The maximum Gasteiger partial charge on any atom is 0.0541 e. The third-order valence-electron chi connectivity index (χ3n) is 13.3. The van der Waals surface area contributed by atoms with Crippen molar-refractivity contribution in [2.45, 2.75) is 0 Å². The Balaban J connectivity index is 0.893. The first kappa shape index (κ1) is 35.8. The van der Waals surface area contributed by atoms with Crippen LogP contribution in [0.3, 0.4) is 0 Å². The summed E-state index contributed by atoms with van der Waals surface area (Å²) < 4.78 is 10.1. The van der Waals surface area contributed by atoms with E-state index >= 15 is 0 Å². The predicted octanol–water partition coefficient (Wildman–Crippen LogP) is 17.6. The molecule has 0 unspecified atom stereocenters. The molecule has 0 bridgehead atoms. The van der Waals surface area contributed by atoms with Crippen LogP contribution in [0.15, 0.2) is 218 Å². The Morgan fingerprint density at radius 2 is 0.547 bits per heavy atom. The third-order valence-corrected chi connectivity index (χ3v) is 15.6. The summed E-state index contributed by atoms with van der Waals surface area (Å²) in [6, 6.07) is 81.0. The highest BCUT2D eigenvalue weighted by Crippen LogP contribution is 2.43. The average molecular weight is 849 g/mol. The summed E-state index contributed by atoms with van der Waals surface area (Å²) in [4.78, 5) is 0. The van der Waals surface area contributed by atoms with Crippen LogP contribution in [0, 0.1) is 0 Å². The lowest BCUT2D eigenvalue weighted by Crippen LogP contribution is -1.93. The Bertz CT molecular complexity index is 3910. The summed E-state index contributed by atoms with van der Waals surface area (Å²) in [7, 11) is 0. The molecule has 14 aromatic rings. The molecule has 0 fully saturated rings. The Morgan fingerprint density at radius 3 is 1.00 bits per heavy atom. The Hall–Kier alpha value is -7.76. The van der Waals surface area contributed by atoms with E-state index in [9.17, 15) is 0 Å². The molecule has 2 nitrogen and oxygen atoms in total. The van der Waals surface area contributed by atoms with Gasteiger partial charge in [0.2, 0.25) is 0 Å². The number of aromatic nitrogens is 2. The molecule has 0 aliphatic carbocycles. The van der Waals surface area contributed by atoms with Gasteiger partial charge >= 0.3 is 0 Å². The predicted molar refractivity (Wildman–Crippen MR) is 277 cm³/mol. The first-order valence-corrected chi connectivity index (χ1v) is 23.4. The molecule has 0 N–H and O–H groups in total. The SMILES string of the molecule is c1ccc(-c2ccc3sc4ccc(-n5c6ccccc6c6cc(-c7ccc8c(c7)c7ccccc7n8-c7ccc8sc9ccc(-c%10ccccc%10)cc9c8c7)ccc65)cc4c3c2)cc1. The van der Waals surface area contributed by atoms with Gasteiger partial charge in [-0.05, 0) is 130 Å². The highest BCUT2D eigenvalue weighted by Gasteiger charge is 2.18. The van der Waals surface area contributed by atoms with Gasteiger partial charge < -0.3 is 9.13 Å². The minimum Gasteiger partial charge on any atom is -0.309 e. The van der Waals surface area contributed by atoms with Crippen LogP contribution in [0.25, 0.3) is 129 Å². The van der Waals surface area contributed by atoms with Gasteiger partial charge in [0.25, 0.3) is 0 Å². The lowest BCUT2D eigenvalue weighted by molar-refractivity contribution is 1.19. The van der Waals surface area contributed by atoms with Gasteiger partial charge in [-0.15, -0.1) is 22.7 Å². The molecule has 0 spiro atoms. The molecule has 0 aliphatic rings. The summed E-state index contributed by atoms with van der Waals surface area (Å²) in [5.41, 5.74) is 14.6. The summed E-state index contributed by atoms with van der Waals surface area (Å²) in [5.74, 6) is 0. The number of benzene rings is 10. The maximum atomic E-state index is 2.45. The second-order valence-electron chi connectivity index (χ2n) is 16.9. The van der Waals surface area contributed by atoms with E-state index in [-0.39, 0.29) is 0 Å². The maximum absolute atomic E-state index is 2.45. The van der Waals surface area contributed by atoms with Crippen LogP contribution in [0.5, 0.6) is 0 Å². The van der Waals surface area contributed by atoms with Crippen LogP contribution in [0.2, 0.25) is 0 Å². The molecule has 0 atom stereocenters. The first-order chi connectivity index (χ1) is 31.7. The van der Waals surface area contributed by atoms with Crippen LogP contribution in [-0.4, -0.2) is 9.13 Å². The van der Waals surface area contributed by atoms with E-state index in [1.54, 1.807) is 0 Å². The summed E-state index contributed by atoms with van der Waals surface area (Å²) in [5, 5.41) is 10.2. The van der Waals surface area contributed by atoms with Crippen molar-refractivity contribution in [3.05, 3.63) is 218 Å². The Morgan fingerprint density at radius 1 is 0.219 bits per heavy atom. The zero-order chi connectivity index (χ0) is 41.9. The largest absolute Gasteiger partial charge is 0.309 e. The average Bonchev–Trinajstić information content (AvgIpc) is 4.11. The van der Waals surface area contributed by atoms with E-state index in [0.29, 0.717) is 0 Å².